The minimum absolute atomic E-state index is 0.202. The highest BCUT2D eigenvalue weighted by Gasteiger charge is 2.32. The molecule has 1 atom stereocenters. The molecule has 1 aliphatic rings. The Morgan fingerprint density at radius 2 is 2.20 bits per heavy atom. The van der Waals surface area contributed by atoms with E-state index in [0.717, 1.165) is 5.75 Å². The number of nitrogens with one attached hydrogen (secondary N) is 1. The summed E-state index contributed by atoms with van der Waals surface area (Å²) in [7, 11) is 0. The summed E-state index contributed by atoms with van der Waals surface area (Å²) in [4.78, 5) is 24.8. The molecule has 1 aromatic heterocycles. The van der Waals surface area contributed by atoms with Gasteiger partial charge in [0.2, 0.25) is 0 Å². The van der Waals surface area contributed by atoms with Crippen LogP contribution in [-0.2, 0) is 5.54 Å². The van der Waals surface area contributed by atoms with E-state index in [9.17, 15) is 9.18 Å². The molecule has 2 aromatic rings. The van der Waals surface area contributed by atoms with E-state index in [4.69, 9.17) is 5.73 Å². The minimum atomic E-state index is -0.747. The number of carbonyl (C=O) groups excluding carboxylic acids is 1. The molecule has 0 bridgehead atoms. The average Bonchev–Trinajstić information content (AvgIpc) is 2.56. The number of halogens is 1. The highest BCUT2D eigenvalue weighted by Crippen LogP contribution is 2.37. The summed E-state index contributed by atoms with van der Waals surface area (Å²) in [5.41, 5.74) is 6.79. The monoisotopic (exact) mass is 359 g/mol. The number of aromatic nitrogens is 2. The number of thioether (sulfide) groups is 1. The SMILES string of the molecule is Cc1cncc(C(=O)Nc2ccc(F)c([C@]3(C)CCSC(N)=N3)c2)n1. The molecule has 2 heterocycles. The van der Waals surface area contributed by atoms with E-state index >= 15 is 0 Å². The van der Waals surface area contributed by atoms with Crippen LogP contribution < -0.4 is 11.1 Å². The predicted molar refractivity (Wildman–Crippen MR) is 97.2 cm³/mol. The fraction of sp³-hybridized carbons (Fsp3) is 0.294. The zero-order valence-electron chi connectivity index (χ0n) is 13.9. The Balaban J connectivity index is 1.89. The maximum Gasteiger partial charge on any atom is 0.275 e. The third-order valence-electron chi connectivity index (χ3n) is 3.99. The first-order valence-corrected chi connectivity index (χ1v) is 8.74. The summed E-state index contributed by atoms with van der Waals surface area (Å²) in [6.45, 7) is 3.60. The van der Waals surface area contributed by atoms with Crippen LogP contribution in [0.5, 0.6) is 0 Å². The van der Waals surface area contributed by atoms with Gasteiger partial charge in [0.15, 0.2) is 5.17 Å². The molecule has 3 rings (SSSR count). The molecule has 0 unspecified atom stereocenters. The van der Waals surface area contributed by atoms with Crippen LogP contribution in [0.15, 0.2) is 35.6 Å². The van der Waals surface area contributed by atoms with Crippen molar-refractivity contribution >= 4 is 28.5 Å². The second-order valence-electron chi connectivity index (χ2n) is 6.02. The fourth-order valence-electron chi connectivity index (χ4n) is 2.66. The molecule has 0 aliphatic carbocycles. The molecule has 6 nitrogen and oxygen atoms in total. The van der Waals surface area contributed by atoms with Crippen molar-refractivity contribution in [1.82, 2.24) is 9.97 Å². The van der Waals surface area contributed by atoms with Gasteiger partial charge < -0.3 is 11.1 Å². The Hall–Kier alpha value is -2.48. The van der Waals surface area contributed by atoms with Crippen LogP contribution in [-0.4, -0.2) is 26.8 Å². The Labute approximate surface area is 149 Å². The van der Waals surface area contributed by atoms with Crippen LogP contribution in [0.25, 0.3) is 0 Å². The Morgan fingerprint density at radius 1 is 1.40 bits per heavy atom. The van der Waals surface area contributed by atoms with Gasteiger partial charge in [0.1, 0.15) is 11.5 Å². The van der Waals surface area contributed by atoms with Crippen LogP contribution in [0.3, 0.4) is 0 Å². The molecule has 3 N–H and O–H groups in total. The van der Waals surface area contributed by atoms with Gasteiger partial charge >= 0.3 is 0 Å². The highest BCUT2D eigenvalue weighted by molar-refractivity contribution is 8.13. The fourth-order valence-corrected chi connectivity index (χ4v) is 3.64. The summed E-state index contributed by atoms with van der Waals surface area (Å²) in [5, 5.41) is 3.17. The third kappa shape index (κ3) is 3.79. The second kappa shape index (κ2) is 6.79. The molecule has 8 heteroatoms. The number of amides is 1. The lowest BCUT2D eigenvalue weighted by Crippen LogP contribution is -2.29. The van der Waals surface area contributed by atoms with Crippen LogP contribution in [0, 0.1) is 12.7 Å². The van der Waals surface area contributed by atoms with Crippen LogP contribution in [0.2, 0.25) is 0 Å². The number of amidine groups is 1. The van der Waals surface area contributed by atoms with E-state index in [1.165, 1.54) is 30.1 Å². The Morgan fingerprint density at radius 3 is 2.92 bits per heavy atom. The molecule has 130 valence electrons. The first kappa shape index (κ1) is 17.3. The molecular weight excluding hydrogens is 341 g/mol. The summed E-state index contributed by atoms with van der Waals surface area (Å²) >= 11 is 1.45. The number of benzene rings is 1. The zero-order valence-corrected chi connectivity index (χ0v) is 14.7. The largest absolute Gasteiger partial charge is 0.379 e. The first-order chi connectivity index (χ1) is 11.9. The summed E-state index contributed by atoms with van der Waals surface area (Å²) in [5.74, 6) is -0.0128. The number of aryl methyl sites for hydroxylation is 1. The molecule has 0 saturated carbocycles. The normalized spacial score (nSPS) is 20.0. The maximum absolute atomic E-state index is 14.4. The van der Waals surface area contributed by atoms with Crippen LogP contribution >= 0.6 is 11.8 Å². The molecule has 25 heavy (non-hydrogen) atoms. The number of hydrogen-bond acceptors (Lipinski definition) is 6. The Bertz CT molecular complexity index is 857. The standard InChI is InChI=1S/C17H18FN5OS/c1-10-8-20-9-14(21-10)15(24)22-11-3-4-13(18)12(7-11)17(2)5-6-25-16(19)23-17/h3-4,7-9H,5-6H2,1-2H3,(H2,19,23)(H,22,24)/t17-/m0/s1. The number of aliphatic imine (C=N–C) groups is 1. The van der Waals surface area contributed by atoms with E-state index < -0.39 is 11.4 Å². The lowest BCUT2D eigenvalue weighted by atomic mass is 9.89. The molecule has 1 aromatic carbocycles. The summed E-state index contributed by atoms with van der Waals surface area (Å²) < 4.78 is 14.4. The van der Waals surface area contributed by atoms with Crippen molar-refractivity contribution < 1.29 is 9.18 Å². The van der Waals surface area contributed by atoms with Gasteiger partial charge in [-0.15, -0.1) is 0 Å². The van der Waals surface area contributed by atoms with Gasteiger partial charge in [0.05, 0.1) is 17.4 Å². The van der Waals surface area contributed by atoms with Gasteiger partial charge in [-0.2, -0.15) is 0 Å². The lowest BCUT2D eigenvalue weighted by Gasteiger charge is -2.30. The molecule has 1 amide bonds. The quantitative estimate of drug-likeness (QED) is 0.879. The van der Waals surface area contributed by atoms with Crippen molar-refractivity contribution in [3.05, 3.63) is 53.4 Å². The van der Waals surface area contributed by atoms with Crippen molar-refractivity contribution in [1.29, 1.82) is 0 Å². The number of anilines is 1. The van der Waals surface area contributed by atoms with E-state index in [0.29, 0.717) is 28.5 Å². The molecule has 0 fully saturated rings. The van der Waals surface area contributed by atoms with E-state index in [2.05, 4.69) is 20.3 Å². The van der Waals surface area contributed by atoms with Crippen molar-refractivity contribution in [3.63, 3.8) is 0 Å². The molecule has 1 aliphatic heterocycles. The third-order valence-corrected chi connectivity index (χ3v) is 4.78. The number of hydrogen-bond donors (Lipinski definition) is 2. The zero-order chi connectivity index (χ0) is 18.0. The van der Waals surface area contributed by atoms with Crippen molar-refractivity contribution in [2.24, 2.45) is 10.7 Å². The molecule has 0 radical (unpaired) electrons. The molecule has 0 spiro atoms. The van der Waals surface area contributed by atoms with Crippen molar-refractivity contribution in [2.75, 3.05) is 11.1 Å². The Kier molecular flexibility index (Phi) is 4.71. The number of nitrogens with zero attached hydrogens (tertiary/aromatic N) is 3. The van der Waals surface area contributed by atoms with Gasteiger partial charge in [-0.3, -0.25) is 14.8 Å². The van der Waals surface area contributed by atoms with E-state index in [-0.39, 0.29) is 11.5 Å². The van der Waals surface area contributed by atoms with Crippen molar-refractivity contribution in [2.45, 2.75) is 25.8 Å². The summed E-state index contributed by atoms with van der Waals surface area (Å²) in [6.07, 6.45) is 3.62. The lowest BCUT2D eigenvalue weighted by molar-refractivity contribution is 0.102. The first-order valence-electron chi connectivity index (χ1n) is 7.75. The van der Waals surface area contributed by atoms with Gasteiger partial charge in [-0.05, 0) is 38.5 Å². The van der Waals surface area contributed by atoms with E-state index in [1.807, 2.05) is 6.92 Å². The number of carbonyl (C=O) groups is 1. The van der Waals surface area contributed by atoms with Gasteiger partial charge in [0, 0.05) is 23.2 Å². The van der Waals surface area contributed by atoms with Gasteiger partial charge in [-0.25, -0.2) is 9.37 Å². The molecule has 0 saturated heterocycles. The summed E-state index contributed by atoms with van der Waals surface area (Å²) in [6, 6.07) is 4.43. The second-order valence-corrected chi connectivity index (χ2v) is 7.13. The maximum atomic E-state index is 14.4. The van der Waals surface area contributed by atoms with Crippen LogP contribution in [0.4, 0.5) is 10.1 Å². The predicted octanol–water partition coefficient (Wildman–Crippen LogP) is 2.84. The van der Waals surface area contributed by atoms with Crippen molar-refractivity contribution in [3.8, 4) is 0 Å². The average molecular weight is 359 g/mol. The van der Waals surface area contributed by atoms with E-state index in [1.54, 1.807) is 19.2 Å². The van der Waals surface area contributed by atoms with Gasteiger partial charge in [-0.1, -0.05) is 11.8 Å². The smallest absolute Gasteiger partial charge is 0.275 e. The van der Waals surface area contributed by atoms with Crippen LogP contribution in [0.1, 0.15) is 35.1 Å². The van der Waals surface area contributed by atoms with Gasteiger partial charge in [0.25, 0.3) is 5.91 Å². The number of nitrogens with two attached hydrogens (primary N) is 1. The topological polar surface area (TPSA) is 93.3 Å². The highest BCUT2D eigenvalue weighted by atomic mass is 32.2. The molecular formula is C17H18FN5OS. The minimum Gasteiger partial charge on any atom is -0.379 e. The number of rotatable bonds is 3.